The predicted octanol–water partition coefficient (Wildman–Crippen LogP) is 3.47. The van der Waals surface area contributed by atoms with Gasteiger partial charge in [0.15, 0.2) is 0 Å². The highest BCUT2D eigenvalue weighted by atomic mass is 32.1. The fourth-order valence-corrected chi connectivity index (χ4v) is 4.59. The summed E-state index contributed by atoms with van der Waals surface area (Å²) in [5.41, 5.74) is 2.19. The minimum Gasteiger partial charge on any atom is -0.310 e. The Kier molecular flexibility index (Phi) is 4.97. The first-order valence-electron chi connectivity index (χ1n) is 10.0. The van der Waals surface area contributed by atoms with Gasteiger partial charge in [0.25, 0.3) is 5.56 Å². The molecule has 0 spiro atoms. The quantitative estimate of drug-likeness (QED) is 0.337. The van der Waals surface area contributed by atoms with E-state index < -0.39 is 22.0 Å². The van der Waals surface area contributed by atoms with Gasteiger partial charge in [0.1, 0.15) is 6.54 Å². The summed E-state index contributed by atoms with van der Waals surface area (Å²) < 4.78 is 14.9. The normalized spacial score (nSPS) is 12.8. The zero-order valence-corrected chi connectivity index (χ0v) is 18.1. The summed E-state index contributed by atoms with van der Waals surface area (Å²) in [7, 11) is 0. The summed E-state index contributed by atoms with van der Waals surface area (Å²) in [4.78, 5) is 46.0. The number of nitrogens with zero attached hydrogens (tertiary/aromatic N) is 5. The smallest absolute Gasteiger partial charge is 0.305 e. The molecular weight excluding hydrogens is 449 g/mol. The van der Waals surface area contributed by atoms with Gasteiger partial charge in [-0.25, -0.2) is 9.97 Å². The van der Waals surface area contributed by atoms with Gasteiger partial charge in [-0.15, -0.1) is 11.3 Å². The van der Waals surface area contributed by atoms with Crippen molar-refractivity contribution in [3.8, 4) is 11.3 Å². The molecular formula is C22H16FN5O4S. The van der Waals surface area contributed by atoms with Crippen LogP contribution in [0.4, 0.5) is 15.8 Å². The van der Waals surface area contributed by atoms with Crippen LogP contribution in [0.3, 0.4) is 0 Å². The van der Waals surface area contributed by atoms with Crippen molar-refractivity contribution >= 4 is 39.5 Å². The second kappa shape index (κ2) is 7.85. The molecule has 0 aliphatic carbocycles. The molecule has 0 saturated carbocycles. The highest BCUT2D eigenvalue weighted by Crippen LogP contribution is 2.33. The van der Waals surface area contributed by atoms with Crippen LogP contribution in [-0.4, -0.2) is 31.9 Å². The molecule has 1 aliphatic heterocycles. The molecule has 33 heavy (non-hydrogen) atoms. The zero-order valence-electron chi connectivity index (χ0n) is 17.3. The monoisotopic (exact) mass is 465 g/mol. The fraction of sp³-hybridized carbons (Fsp3) is 0.182. The van der Waals surface area contributed by atoms with Crippen molar-refractivity contribution in [2.24, 2.45) is 0 Å². The Morgan fingerprint density at radius 2 is 2.12 bits per heavy atom. The van der Waals surface area contributed by atoms with Crippen molar-refractivity contribution in [1.29, 1.82) is 0 Å². The summed E-state index contributed by atoms with van der Waals surface area (Å²) in [6.07, 6.45) is 1.83. The lowest BCUT2D eigenvalue weighted by Gasteiger charge is -2.18. The van der Waals surface area contributed by atoms with Gasteiger partial charge in [-0.05, 0) is 31.0 Å². The Morgan fingerprint density at radius 3 is 2.85 bits per heavy atom. The van der Waals surface area contributed by atoms with Crippen LogP contribution in [0, 0.1) is 22.9 Å². The molecule has 0 saturated heterocycles. The fourth-order valence-electron chi connectivity index (χ4n) is 3.97. The second-order valence-corrected chi connectivity index (χ2v) is 8.71. The third-order valence-corrected chi connectivity index (χ3v) is 6.36. The summed E-state index contributed by atoms with van der Waals surface area (Å²) in [6.45, 7) is 2.12. The molecule has 2 aromatic carbocycles. The Morgan fingerprint density at radius 1 is 1.30 bits per heavy atom. The largest absolute Gasteiger partial charge is 0.310 e. The predicted molar refractivity (Wildman–Crippen MR) is 121 cm³/mol. The van der Waals surface area contributed by atoms with Crippen LogP contribution in [0.2, 0.25) is 0 Å². The number of nitro groups is 1. The van der Waals surface area contributed by atoms with E-state index in [-0.39, 0.29) is 23.4 Å². The van der Waals surface area contributed by atoms with Crippen LogP contribution < -0.4 is 10.5 Å². The number of hydrogen-bond donors (Lipinski definition) is 0. The number of aromatic nitrogens is 3. The minimum absolute atomic E-state index is 0.0110. The number of carbonyl (C=O) groups excluding carboxylic acids is 1. The van der Waals surface area contributed by atoms with E-state index in [1.807, 2.05) is 30.5 Å². The molecule has 2 aromatic heterocycles. The van der Waals surface area contributed by atoms with Crippen LogP contribution in [0.1, 0.15) is 10.6 Å². The lowest BCUT2D eigenvalue weighted by atomic mass is 10.1. The average molecular weight is 465 g/mol. The third-order valence-electron chi connectivity index (χ3n) is 5.59. The molecule has 1 amide bonds. The summed E-state index contributed by atoms with van der Waals surface area (Å²) in [5.74, 6) is -1.39. The molecule has 166 valence electrons. The highest BCUT2D eigenvalue weighted by molar-refractivity contribution is 7.09. The SMILES string of the molecule is Cc1nc(-c2ccc3c(c2)CCN3C(=O)Cn2cnc3cc(F)c([N+](=O)[O-])cc3c2=O)cs1. The number of nitro benzene ring substituents is 1. The maximum absolute atomic E-state index is 13.8. The van der Waals surface area contributed by atoms with Gasteiger partial charge in [-0.3, -0.25) is 24.3 Å². The Balaban J connectivity index is 1.43. The molecule has 3 heterocycles. The van der Waals surface area contributed by atoms with Gasteiger partial charge in [0.2, 0.25) is 11.7 Å². The first kappa shape index (κ1) is 20.9. The Labute approximate surface area is 189 Å². The first-order valence-corrected chi connectivity index (χ1v) is 10.9. The number of benzene rings is 2. The topological polar surface area (TPSA) is 111 Å². The maximum atomic E-state index is 13.8. The van der Waals surface area contributed by atoms with E-state index in [0.717, 1.165) is 50.5 Å². The molecule has 0 atom stereocenters. The lowest BCUT2D eigenvalue weighted by Crippen LogP contribution is -2.35. The van der Waals surface area contributed by atoms with E-state index in [2.05, 4.69) is 9.97 Å². The number of amides is 1. The number of thiazole rings is 1. The summed E-state index contributed by atoms with van der Waals surface area (Å²) in [6, 6.07) is 7.51. The molecule has 0 N–H and O–H groups in total. The molecule has 0 bridgehead atoms. The number of aryl methyl sites for hydroxylation is 1. The van der Waals surface area contributed by atoms with E-state index in [1.165, 1.54) is 0 Å². The summed E-state index contributed by atoms with van der Waals surface area (Å²) >= 11 is 1.57. The standard InChI is InChI=1S/C22H16FN5O4S/c1-12-25-18(10-33-12)13-2-3-19-14(6-13)4-5-27(19)21(29)9-26-11-24-17-8-16(23)20(28(31)32)7-15(17)22(26)30/h2-3,6-8,10-11H,4-5,9H2,1H3. The van der Waals surface area contributed by atoms with Gasteiger partial charge in [-0.2, -0.15) is 4.39 Å². The number of anilines is 1. The lowest BCUT2D eigenvalue weighted by molar-refractivity contribution is -0.387. The van der Waals surface area contributed by atoms with E-state index >= 15 is 0 Å². The molecule has 1 aliphatic rings. The van der Waals surface area contributed by atoms with Crippen LogP contribution >= 0.6 is 11.3 Å². The van der Waals surface area contributed by atoms with Gasteiger partial charge >= 0.3 is 5.69 Å². The van der Waals surface area contributed by atoms with Crippen LogP contribution in [0.15, 0.2) is 46.8 Å². The van der Waals surface area contributed by atoms with Gasteiger partial charge in [0, 0.05) is 35.3 Å². The molecule has 4 aromatic rings. The zero-order chi connectivity index (χ0) is 23.3. The van der Waals surface area contributed by atoms with Crippen molar-refractivity contribution in [1.82, 2.24) is 14.5 Å². The van der Waals surface area contributed by atoms with Gasteiger partial charge < -0.3 is 4.90 Å². The molecule has 0 unspecified atom stereocenters. The van der Waals surface area contributed by atoms with Gasteiger partial charge in [-0.1, -0.05) is 6.07 Å². The second-order valence-electron chi connectivity index (χ2n) is 7.65. The van der Waals surface area contributed by atoms with E-state index in [9.17, 15) is 24.1 Å². The third kappa shape index (κ3) is 3.65. The van der Waals surface area contributed by atoms with E-state index in [4.69, 9.17) is 0 Å². The van der Waals surface area contributed by atoms with Crippen molar-refractivity contribution in [2.75, 3.05) is 11.4 Å². The molecule has 11 heteroatoms. The van der Waals surface area contributed by atoms with E-state index in [0.29, 0.717) is 13.0 Å². The molecule has 0 radical (unpaired) electrons. The minimum atomic E-state index is -1.07. The van der Waals surface area contributed by atoms with Crippen molar-refractivity contribution in [2.45, 2.75) is 19.9 Å². The van der Waals surface area contributed by atoms with Crippen molar-refractivity contribution in [3.05, 3.63) is 78.9 Å². The Hall–Kier alpha value is -3.99. The number of rotatable bonds is 4. The molecule has 9 nitrogen and oxygen atoms in total. The number of fused-ring (bicyclic) bond motifs is 2. The highest BCUT2D eigenvalue weighted by Gasteiger charge is 2.26. The molecule has 0 fully saturated rings. The maximum Gasteiger partial charge on any atom is 0.305 e. The first-order chi connectivity index (χ1) is 15.8. The number of hydrogen-bond acceptors (Lipinski definition) is 7. The van der Waals surface area contributed by atoms with Crippen LogP contribution in [0.25, 0.3) is 22.2 Å². The Bertz CT molecular complexity index is 1510. The molecule has 5 rings (SSSR count). The summed E-state index contributed by atoms with van der Waals surface area (Å²) in [5, 5.41) is 13.9. The van der Waals surface area contributed by atoms with Crippen molar-refractivity contribution in [3.63, 3.8) is 0 Å². The van der Waals surface area contributed by atoms with Crippen molar-refractivity contribution < 1.29 is 14.1 Å². The van der Waals surface area contributed by atoms with Crippen LogP contribution in [-0.2, 0) is 17.8 Å². The number of halogens is 1. The van der Waals surface area contributed by atoms with Crippen LogP contribution in [0.5, 0.6) is 0 Å². The van der Waals surface area contributed by atoms with Gasteiger partial charge in [0.05, 0.1) is 32.9 Å². The number of carbonyl (C=O) groups is 1. The van der Waals surface area contributed by atoms with E-state index in [1.54, 1.807) is 16.2 Å². The average Bonchev–Trinajstić information content (AvgIpc) is 3.41.